The number of carbonyl (C=O) groups is 3. The Morgan fingerprint density at radius 1 is 1.04 bits per heavy atom. The maximum absolute atomic E-state index is 12.4. The minimum absolute atomic E-state index is 0.166. The molecule has 2 aliphatic rings. The number of hydrogen-bond acceptors (Lipinski definition) is 3. The number of rotatable bonds is 7. The van der Waals surface area contributed by atoms with Crippen LogP contribution in [0, 0.1) is 11.8 Å². The topological polar surface area (TPSA) is 66.5 Å². The molecule has 0 bridgehead atoms. The molecule has 5 heteroatoms. The number of amides is 3. The second kappa shape index (κ2) is 8.47. The van der Waals surface area contributed by atoms with Crippen LogP contribution in [0.4, 0.5) is 5.69 Å². The van der Waals surface area contributed by atoms with Gasteiger partial charge in [0.25, 0.3) is 0 Å². The molecule has 26 heavy (non-hydrogen) atoms. The molecule has 1 aliphatic carbocycles. The highest BCUT2D eigenvalue weighted by molar-refractivity contribution is 6.08. The highest BCUT2D eigenvalue weighted by Crippen LogP contribution is 2.37. The summed E-state index contributed by atoms with van der Waals surface area (Å²) in [6.45, 7) is 2.01. The van der Waals surface area contributed by atoms with E-state index in [1.807, 2.05) is 24.3 Å². The summed E-state index contributed by atoms with van der Waals surface area (Å²) >= 11 is 0. The Labute approximate surface area is 155 Å². The predicted octanol–water partition coefficient (Wildman–Crippen LogP) is 3.53. The fraction of sp³-hybridized carbons (Fsp3) is 0.571. The minimum Gasteiger partial charge on any atom is -0.325 e. The zero-order chi connectivity index (χ0) is 18.5. The van der Waals surface area contributed by atoms with Gasteiger partial charge in [0.1, 0.15) is 6.54 Å². The van der Waals surface area contributed by atoms with Crippen molar-refractivity contribution in [1.29, 1.82) is 0 Å². The average molecular weight is 356 g/mol. The standard InChI is InChI=1S/C21H28N2O3/c1-2-3-4-7-15-10-12-16(13-11-15)22-19(24)14-23-20(25)17-8-5-6-9-18(17)21(23)26/h10-13,17-18H,2-9,14H2,1H3,(H,22,24). The van der Waals surface area contributed by atoms with E-state index in [0.717, 1.165) is 37.0 Å². The van der Waals surface area contributed by atoms with Crippen molar-refractivity contribution in [3.63, 3.8) is 0 Å². The van der Waals surface area contributed by atoms with Gasteiger partial charge in [0.05, 0.1) is 11.8 Å². The van der Waals surface area contributed by atoms with Crippen molar-refractivity contribution in [1.82, 2.24) is 4.90 Å². The largest absolute Gasteiger partial charge is 0.325 e. The normalized spacial score (nSPS) is 22.4. The number of imide groups is 1. The maximum Gasteiger partial charge on any atom is 0.244 e. The van der Waals surface area contributed by atoms with Crippen LogP contribution in [-0.2, 0) is 20.8 Å². The number of fused-ring (bicyclic) bond motifs is 1. The molecule has 0 spiro atoms. The van der Waals surface area contributed by atoms with Gasteiger partial charge in [-0.15, -0.1) is 0 Å². The van der Waals surface area contributed by atoms with Crippen molar-refractivity contribution in [2.24, 2.45) is 11.8 Å². The molecule has 5 nitrogen and oxygen atoms in total. The second-order valence-corrected chi connectivity index (χ2v) is 7.46. The number of nitrogens with zero attached hydrogens (tertiary/aromatic N) is 1. The molecule has 1 heterocycles. The summed E-state index contributed by atoms with van der Waals surface area (Å²) in [6.07, 6.45) is 8.16. The van der Waals surface area contributed by atoms with E-state index in [1.54, 1.807) is 0 Å². The Bertz CT molecular complexity index is 644. The number of likely N-dealkylation sites (tertiary alicyclic amines) is 1. The number of nitrogens with one attached hydrogen (secondary N) is 1. The van der Waals surface area contributed by atoms with Crippen molar-refractivity contribution in [2.45, 2.75) is 58.3 Å². The molecule has 0 aromatic heterocycles. The van der Waals surface area contributed by atoms with E-state index in [1.165, 1.54) is 24.8 Å². The third-order valence-corrected chi connectivity index (χ3v) is 5.54. The van der Waals surface area contributed by atoms with E-state index < -0.39 is 0 Å². The minimum atomic E-state index is -0.316. The fourth-order valence-corrected chi connectivity index (χ4v) is 4.06. The SMILES string of the molecule is CCCCCc1ccc(NC(=O)CN2C(=O)C3CCCCC3C2=O)cc1. The molecule has 2 atom stereocenters. The molecular formula is C21H28N2O3. The molecule has 2 fully saturated rings. The third-order valence-electron chi connectivity index (χ3n) is 5.54. The van der Waals surface area contributed by atoms with Crippen LogP contribution in [0.1, 0.15) is 57.4 Å². The fourth-order valence-electron chi connectivity index (χ4n) is 4.06. The van der Waals surface area contributed by atoms with E-state index in [0.29, 0.717) is 5.69 Å². The first-order valence-electron chi connectivity index (χ1n) is 9.84. The first-order valence-corrected chi connectivity index (χ1v) is 9.84. The number of carbonyl (C=O) groups excluding carboxylic acids is 3. The monoisotopic (exact) mass is 356 g/mol. The third kappa shape index (κ3) is 4.14. The van der Waals surface area contributed by atoms with Gasteiger partial charge in [-0.25, -0.2) is 0 Å². The zero-order valence-corrected chi connectivity index (χ0v) is 15.5. The zero-order valence-electron chi connectivity index (χ0n) is 15.5. The van der Waals surface area contributed by atoms with Gasteiger partial charge < -0.3 is 5.32 Å². The summed E-state index contributed by atoms with van der Waals surface area (Å²) in [6, 6.07) is 7.80. The molecule has 1 aromatic carbocycles. The Kier molecular flexibility index (Phi) is 6.07. The molecule has 1 aliphatic heterocycles. The van der Waals surface area contributed by atoms with Gasteiger partial charge in [-0.1, -0.05) is 44.7 Å². The van der Waals surface area contributed by atoms with E-state index in [2.05, 4.69) is 12.2 Å². The maximum atomic E-state index is 12.4. The van der Waals surface area contributed by atoms with Gasteiger partial charge in [0.15, 0.2) is 0 Å². The number of hydrogen-bond donors (Lipinski definition) is 1. The van der Waals surface area contributed by atoms with E-state index in [9.17, 15) is 14.4 Å². The van der Waals surface area contributed by atoms with Crippen LogP contribution in [0.5, 0.6) is 0 Å². The van der Waals surface area contributed by atoms with Gasteiger partial charge in [-0.05, 0) is 43.4 Å². The lowest BCUT2D eigenvalue weighted by molar-refractivity contribution is -0.142. The van der Waals surface area contributed by atoms with Gasteiger partial charge >= 0.3 is 0 Å². The smallest absolute Gasteiger partial charge is 0.244 e. The molecule has 1 aromatic rings. The molecule has 1 N–H and O–H groups in total. The summed E-state index contributed by atoms with van der Waals surface area (Å²) in [4.78, 5) is 38.3. The van der Waals surface area contributed by atoms with E-state index >= 15 is 0 Å². The average Bonchev–Trinajstić information content (AvgIpc) is 2.89. The summed E-state index contributed by atoms with van der Waals surface area (Å²) in [5, 5.41) is 2.80. The van der Waals surface area contributed by atoms with E-state index in [-0.39, 0.29) is 36.1 Å². The Balaban J connectivity index is 1.54. The lowest BCUT2D eigenvalue weighted by Crippen LogP contribution is -2.38. The molecule has 0 radical (unpaired) electrons. The Morgan fingerprint density at radius 3 is 2.23 bits per heavy atom. The number of unbranched alkanes of at least 4 members (excludes halogenated alkanes) is 2. The number of benzene rings is 1. The van der Waals surface area contributed by atoms with Crippen LogP contribution >= 0.6 is 0 Å². The summed E-state index contributed by atoms with van der Waals surface area (Å²) in [5.74, 6) is -1.05. The lowest BCUT2D eigenvalue weighted by atomic mass is 9.81. The highest BCUT2D eigenvalue weighted by Gasteiger charge is 2.48. The van der Waals surface area contributed by atoms with Crippen LogP contribution in [-0.4, -0.2) is 29.2 Å². The summed E-state index contributed by atoms with van der Waals surface area (Å²) < 4.78 is 0. The van der Waals surface area contributed by atoms with Crippen molar-refractivity contribution in [3.05, 3.63) is 29.8 Å². The van der Waals surface area contributed by atoms with Gasteiger partial charge in [-0.2, -0.15) is 0 Å². The van der Waals surface area contributed by atoms with Crippen molar-refractivity contribution >= 4 is 23.4 Å². The van der Waals surface area contributed by atoms with Gasteiger partial charge in [-0.3, -0.25) is 19.3 Å². The summed E-state index contributed by atoms with van der Waals surface area (Å²) in [5.41, 5.74) is 1.95. The van der Waals surface area contributed by atoms with Crippen LogP contribution in [0.2, 0.25) is 0 Å². The van der Waals surface area contributed by atoms with Gasteiger partial charge in [0, 0.05) is 5.69 Å². The summed E-state index contributed by atoms with van der Waals surface area (Å²) in [7, 11) is 0. The van der Waals surface area contributed by atoms with Crippen molar-refractivity contribution < 1.29 is 14.4 Å². The van der Waals surface area contributed by atoms with Crippen LogP contribution < -0.4 is 5.32 Å². The predicted molar refractivity (Wildman–Crippen MR) is 100 cm³/mol. The van der Waals surface area contributed by atoms with Crippen LogP contribution in [0.25, 0.3) is 0 Å². The molecular weight excluding hydrogens is 328 g/mol. The lowest BCUT2D eigenvalue weighted by Gasteiger charge is -2.19. The molecule has 1 saturated heterocycles. The number of anilines is 1. The highest BCUT2D eigenvalue weighted by atomic mass is 16.2. The van der Waals surface area contributed by atoms with Crippen molar-refractivity contribution in [2.75, 3.05) is 11.9 Å². The van der Waals surface area contributed by atoms with Gasteiger partial charge in [0.2, 0.25) is 17.7 Å². The molecule has 140 valence electrons. The molecule has 3 rings (SSSR count). The Hall–Kier alpha value is -2.17. The first kappa shape index (κ1) is 18.6. The van der Waals surface area contributed by atoms with Crippen molar-refractivity contribution in [3.8, 4) is 0 Å². The number of aryl methyl sites for hydroxylation is 1. The van der Waals surface area contributed by atoms with E-state index in [4.69, 9.17) is 0 Å². The van der Waals surface area contributed by atoms with Crippen LogP contribution in [0.15, 0.2) is 24.3 Å². The molecule has 2 unspecified atom stereocenters. The Morgan fingerprint density at radius 2 is 1.65 bits per heavy atom. The van der Waals surface area contributed by atoms with Crippen LogP contribution in [0.3, 0.4) is 0 Å². The molecule has 3 amide bonds. The second-order valence-electron chi connectivity index (χ2n) is 7.46. The quantitative estimate of drug-likeness (QED) is 0.600. The molecule has 1 saturated carbocycles. The first-order chi connectivity index (χ1) is 12.6.